The molecule has 3 aromatic rings. The third-order valence-corrected chi connectivity index (χ3v) is 3.96. The molecule has 6 heteroatoms. The lowest BCUT2D eigenvalue weighted by atomic mass is 10.1. The molecule has 2 N–H and O–H groups in total. The maximum atomic E-state index is 11.8. The summed E-state index contributed by atoms with van der Waals surface area (Å²) in [6.45, 7) is 3.93. The molecule has 1 amide bonds. The van der Waals surface area contributed by atoms with Gasteiger partial charge in [0.05, 0.1) is 16.9 Å². The van der Waals surface area contributed by atoms with Crippen molar-refractivity contribution in [2.75, 3.05) is 0 Å². The first kappa shape index (κ1) is 14.1. The van der Waals surface area contributed by atoms with Gasteiger partial charge < -0.3 is 4.57 Å². The summed E-state index contributed by atoms with van der Waals surface area (Å²) in [5.41, 5.74) is 8.00. The molecule has 0 aliphatic rings. The van der Waals surface area contributed by atoms with Crippen LogP contribution in [0.25, 0.3) is 11.4 Å². The average Bonchev–Trinajstić information content (AvgIpc) is 3.25. The molecule has 22 heavy (non-hydrogen) atoms. The van der Waals surface area contributed by atoms with E-state index in [-0.39, 0.29) is 5.91 Å². The predicted molar refractivity (Wildman–Crippen MR) is 87.5 cm³/mol. The zero-order valence-electron chi connectivity index (χ0n) is 11.7. The van der Waals surface area contributed by atoms with Gasteiger partial charge >= 0.3 is 0 Å². The van der Waals surface area contributed by atoms with Gasteiger partial charge in [-0.2, -0.15) is 0 Å². The van der Waals surface area contributed by atoms with E-state index in [0.29, 0.717) is 10.6 Å². The van der Waals surface area contributed by atoms with Crippen LogP contribution in [0, 0.1) is 0 Å². The lowest BCUT2D eigenvalue weighted by Crippen LogP contribution is -2.35. The second-order valence-corrected chi connectivity index (χ2v) is 5.50. The molecule has 0 saturated carbocycles. The Hall–Kier alpha value is -2.86. The third kappa shape index (κ3) is 3.07. The summed E-state index contributed by atoms with van der Waals surface area (Å²) in [5.74, 6) is -0.175. The van der Waals surface area contributed by atoms with E-state index in [1.165, 1.54) is 11.3 Å². The van der Waals surface area contributed by atoms with Gasteiger partial charge in [0.15, 0.2) is 0 Å². The van der Waals surface area contributed by atoms with Gasteiger partial charge in [0, 0.05) is 18.1 Å². The minimum atomic E-state index is -0.175. The smallest absolute Gasteiger partial charge is 0.279 e. The van der Waals surface area contributed by atoms with Gasteiger partial charge in [0.2, 0.25) is 0 Å². The number of aromatic nitrogens is 2. The number of imidazole rings is 1. The van der Waals surface area contributed by atoms with Crippen molar-refractivity contribution in [1.82, 2.24) is 20.4 Å². The number of benzene rings is 1. The van der Waals surface area contributed by atoms with Crippen LogP contribution in [0.1, 0.15) is 15.2 Å². The van der Waals surface area contributed by atoms with Crippen LogP contribution < -0.4 is 10.9 Å². The largest absolute Gasteiger partial charge is 0.306 e. The number of hydrogen-bond acceptors (Lipinski definition) is 4. The van der Waals surface area contributed by atoms with Crippen molar-refractivity contribution >= 4 is 22.9 Å². The molecule has 0 fully saturated rings. The highest BCUT2D eigenvalue weighted by atomic mass is 32.1. The molecule has 0 aliphatic carbocycles. The second kappa shape index (κ2) is 6.28. The molecule has 1 aromatic carbocycles. The van der Waals surface area contributed by atoms with Crippen molar-refractivity contribution in [3.8, 4) is 5.69 Å². The van der Waals surface area contributed by atoms with E-state index in [1.54, 1.807) is 18.6 Å². The van der Waals surface area contributed by atoms with Gasteiger partial charge in [0.25, 0.3) is 5.91 Å². The molecular weight excluding hydrogens is 296 g/mol. The van der Waals surface area contributed by atoms with Gasteiger partial charge in [0.1, 0.15) is 0 Å². The number of thiophene rings is 1. The minimum absolute atomic E-state index is 0.175. The Bertz CT molecular complexity index is 761. The Kier molecular flexibility index (Phi) is 4.02. The molecule has 0 radical (unpaired) electrons. The monoisotopic (exact) mass is 310 g/mol. The Balaban J connectivity index is 1.62. The zero-order chi connectivity index (χ0) is 15.4. The first-order valence-electron chi connectivity index (χ1n) is 6.61. The van der Waals surface area contributed by atoms with Crippen LogP contribution in [0.5, 0.6) is 0 Å². The molecule has 0 saturated heterocycles. The summed E-state index contributed by atoms with van der Waals surface area (Å²) in [6, 6.07) is 11.4. The van der Waals surface area contributed by atoms with Crippen molar-refractivity contribution in [1.29, 1.82) is 0 Å². The first-order valence-corrected chi connectivity index (χ1v) is 7.49. The molecular formula is C16H14N4OS. The molecule has 0 bridgehead atoms. The molecule has 3 rings (SSSR count). The van der Waals surface area contributed by atoms with Gasteiger partial charge in [-0.25, -0.2) is 4.98 Å². The van der Waals surface area contributed by atoms with E-state index in [0.717, 1.165) is 11.3 Å². The topological polar surface area (TPSA) is 58.9 Å². The van der Waals surface area contributed by atoms with Crippen LogP contribution in [0.15, 0.2) is 67.1 Å². The second-order valence-electron chi connectivity index (χ2n) is 4.55. The van der Waals surface area contributed by atoms with E-state index in [2.05, 4.69) is 22.4 Å². The summed E-state index contributed by atoms with van der Waals surface area (Å²) in [6.07, 6.45) is 5.35. The summed E-state index contributed by atoms with van der Waals surface area (Å²) < 4.78 is 1.92. The van der Waals surface area contributed by atoms with Crippen LogP contribution in [0.2, 0.25) is 0 Å². The van der Waals surface area contributed by atoms with Gasteiger partial charge in [-0.15, -0.1) is 11.3 Å². The van der Waals surface area contributed by atoms with Crippen LogP contribution in [-0.4, -0.2) is 15.5 Å². The van der Waals surface area contributed by atoms with Crippen molar-refractivity contribution in [3.05, 3.63) is 77.5 Å². The Morgan fingerprint density at radius 2 is 2.00 bits per heavy atom. The van der Waals surface area contributed by atoms with E-state index in [9.17, 15) is 4.79 Å². The number of hydrazine groups is 1. The lowest BCUT2D eigenvalue weighted by molar-refractivity contribution is 0.0946. The summed E-state index contributed by atoms with van der Waals surface area (Å²) in [7, 11) is 0. The normalized spacial score (nSPS) is 10.2. The Morgan fingerprint density at radius 1 is 1.18 bits per heavy atom. The average molecular weight is 310 g/mol. The summed E-state index contributed by atoms with van der Waals surface area (Å²) in [5, 5.41) is 1.86. The van der Waals surface area contributed by atoms with Gasteiger partial charge in [-0.05, 0) is 29.1 Å². The minimum Gasteiger partial charge on any atom is -0.306 e. The predicted octanol–water partition coefficient (Wildman–Crippen LogP) is 2.84. The quantitative estimate of drug-likeness (QED) is 0.712. The third-order valence-electron chi connectivity index (χ3n) is 3.09. The van der Waals surface area contributed by atoms with Gasteiger partial charge in [-0.1, -0.05) is 24.8 Å². The maximum Gasteiger partial charge on any atom is 0.279 e. The van der Waals surface area contributed by atoms with Crippen LogP contribution in [-0.2, 0) is 0 Å². The highest BCUT2D eigenvalue weighted by molar-refractivity contribution is 7.12. The molecule has 0 aliphatic heterocycles. The number of carbonyl (C=O) groups excluding carboxylic acids is 1. The van der Waals surface area contributed by atoms with Crippen molar-refractivity contribution < 1.29 is 4.79 Å². The number of hydrogen-bond donors (Lipinski definition) is 2. The number of nitrogens with zero attached hydrogens (tertiary/aromatic N) is 2. The number of amides is 1. The molecule has 0 spiro atoms. The highest BCUT2D eigenvalue weighted by Crippen LogP contribution is 2.14. The molecule has 0 unspecified atom stereocenters. The maximum absolute atomic E-state index is 11.8. The molecule has 0 atom stereocenters. The zero-order valence-corrected chi connectivity index (χ0v) is 12.5. The highest BCUT2D eigenvalue weighted by Gasteiger charge is 2.06. The molecule has 2 heterocycles. The number of nitrogens with one attached hydrogen (secondary N) is 2. The fraction of sp³-hybridized carbons (Fsp3) is 0. The van der Waals surface area contributed by atoms with Gasteiger partial charge in [-0.3, -0.25) is 15.6 Å². The van der Waals surface area contributed by atoms with Crippen molar-refractivity contribution in [3.63, 3.8) is 0 Å². The molecule has 2 aromatic heterocycles. The van der Waals surface area contributed by atoms with E-state index < -0.39 is 0 Å². The standard InChI is InChI=1S/C16H14N4OS/c1-12(18-19-16(21)15-3-2-10-22-15)13-4-6-14(7-5-13)20-9-8-17-11-20/h2-11,18H,1H2,(H,19,21). The van der Waals surface area contributed by atoms with Crippen LogP contribution in [0.4, 0.5) is 0 Å². The SMILES string of the molecule is C=C(NNC(=O)c1cccs1)c1ccc(-n2ccnc2)cc1. The Morgan fingerprint density at radius 3 is 2.64 bits per heavy atom. The number of rotatable bonds is 5. The van der Waals surface area contributed by atoms with E-state index in [1.807, 2.05) is 46.5 Å². The lowest BCUT2D eigenvalue weighted by Gasteiger charge is -2.11. The van der Waals surface area contributed by atoms with E-state index >= 15 is 0 Å². The Labute approximate surface area is 131 Å². The molecule has 110 valence electrons. The number of carbonyl (C=O) groups is 1. The summed E-state index contributed by atoms with van der Waals surface area (Å²) >= 11 is 1.39. The fourth-order valence-electron chi connectivity index (χ4n) is 1.92. The fourth-order valence-corrected chi connectivity index (χ4v) is 2.54. The molecule has 5 nitrogen and oxygen atoms in total. The van der Waals surface area contributed by atoms with E-state index in [4.69, 9.17) is 0 Å². The van der Waals surface area contributed by atoms with Crippen LogP contribution >= 0.6 is 11.3 Å². The first-order chi connectivity index (χ1) is 10.7. The summed E-state index contributed by atoms with van der Waals surface area (Å²) in [4.78, 5) is 16.5. The van der Waals surface area contributed by atoms with Crippen molar-refractivity contribution in [2.45, 2.75) is 0 Å². The van der Waals surface area contributed by atoms with Crippen molar-refractivity contribution in [2.24, 2.45) is 0 Å². The van der Waals surface area contributed by atoms with Crippen LogP contribution in [0.3, 0.4) is 0 Å².